The molecule has 16 heteroatoms. The number of carbonyl (C=O) groups excluding carboxylic acids is 10. The van der Waals surface area contributed by atoms with Gasteiger partial charge >= 0.3 is 11.9 Å². The van der Waals surface area contributed by atoms with Crippen LogP contribution in [0.3, 0.4) is 0 Å². The van der Waals surface area contributed by atoms with E-state index in [-0.39, 0.29) is 33.9 Å². The molecule has 8 unspecified atom stereocenters. The van der Waals surface area contributed by atoms with Crippen LogP contribution in [-0.2, 0) is 38.4 Å². The Morgan fingerprint density at radius 1 is 0.422 bits per heavy atom. The van der Waals surface area contributed by atoms with Crippen LogP contribution in [0.2, 0.25) is 0 Å². The molecule has 4 saturated heterocycles. The van der Waals surface area contributed by atoms with E-state index in [1.165, 1.54) is 108 Å². The highest BCUT2D eigenvalue weighted by Crippen LogP contribution is 2.84. The minimum atomic E-state index is -1.66. The predicted octanol–water partition coefficient (Wildman–Crippen LogP) is 4.27. The lowest BCUT2D eigenvalue weighted by Gasteiger charge is -2.67. The lowest BCUT2D eigenvalue weighted by molar-refractivity contribution is -0.243. The lowest BCUT2D eigenvalue weighted by atomic mass is 9.27. The lowest BCUT2D eigenvalue weighted by Crippen LogP contribution is -2.77. The average molecular weight is 863 g/mol. The molecule has 8 amide bonds. The molecule has 0 bridgehead atoms. The third kappa shape index (κ3) is 4.56. The fraction of sp³-hybridized carbons (Fsp3) is 0.292. The Balaban J connectivity index is 0.831. The number of imide groups is 4. The zero-order valence-corrected chi connectivity index (χ0v) is 35.2. The van der Waals surface area contributed by atoms with E-state index >= 15 is 0 Å². The van der Waals surface area contributed by atoms with E-state index in [0.717, 1.165) is 25.2 Å². The van der Waals surface area contributed by atoms with Crippen molar-refractivity contribution in [3.8, 4) is 11.5 Å². The van der Waals surface area contributed by atoms with Gasteiger partial charge in [-0.05, 0) is 120 Å². The van der Waals surface area contributed by atoms with Crippen molar-refractivity contribution in [1.82, 2.24) is 4.90 Å². The largest absolute Gasteiger partial charge is 0.423 e. The summed E-state index contributed by atoms with van der Waals surface area (Å²) in [4.78, 5) is 140. The highest BCUT2D eigenvalue weighted by molar-refractivity contribution is 6.37. The topological polar surface area (TPSA) is 202 Å². The molecule has 16 nitrogen and oxygen atoms in total. The summed E-state index contributed by atoms with van der Waals surface area (Å²) in [7, 11) is 1.34. The van der Waals surface area contributed by atoms with Gasteiger partial charge in [-0.15, -0.1) is 0 Å². The number of likely N-dealkylation sites (tertiary alicyclic amines) is 1. The maximum Gasteiger partial charge on any atom is 0.343 e. The van der Waals surface area contributed by atoms with Crippen LogP contribution >= 0.6 is 0 Å². The molecule has 0 radical (unpaired) electrons. The minimum Gasteiger partial charge on any atom is -0.423 e. The number of carbonyl (C=O) groups is 10. The van der Waals surface area contributed by atoms with Crippen LogP contribution in [0.25, 0.3) is 0 Å². The fourth-order valence-corrected chi connectivity index (χ4v) is 11.5. The van der Waals surface area contributed by atoms with Crippen molar-refractivity contribution in [2.45, 2.75) is 34.6 Å². The molecule has 2 saturated carbocycles. The third-order valence-corrected chi connectivity index (χ3v) is 15.6. The van der Waals surface area contributed by atoms with Crippen LogP contribution in [0, 0.1) is 52.3 Å². The molecular formula is C48H38N4O12. The number of esters is 2. The number of aryl methyl sites for hydroxylation is 1. The van der Waals surface area contributed by atoms with Gasteiger partial charge in [0.25, 0.3) is 0 Å². The van der Waals surface area contributed by atoms with Gasteiger partial charge in [0.1, 0.15) is 11.5 Å². The van der Waals surface area contributed by atoms with Crippen LogP contribution in [-0.4, -0.2) is 71.1 Å². The standard InChI is InChI=1S/C48H38N4O12/c1-23-7-19-29(20-8-23)63-39(57)25-11-15-27(16-12-25)51-41(59)45(2)46(3,42(51)60)48(5)44(62)52(43(61)47(45,48)4)28-17-21-30(22-18-28)64-40(58)24-9-13-26(14-10-24)50-37(55)33-31-32(34(33)38(50)56)36(54)49(6)35(31)53/h7-22,31-34H,1-6H3. The first-order valence-corrected chi connectivity index (χ1v) is 20.5. The van der Waals surface area contributed by atoms with E-state index in [1.54, 1.807) is 24.3 Å². The van der Waals surface area contributed by atoms with E-state index in [0.29, 0.717) is 5.75 Å². The summed E-state index contributed by atoms with van der Waals surface area (Å²) >= 11 is 0. The average Bonchev–Trinajstić information content (AvgIpc) is 3.72. The van der Waals surface area contributed by atoms with Crippen molar-refractivity contribution in [3.63, 3.8) is 0 Å². The Kier molecular flexibility index (Phi) is 8.20. The molecule has 64 heavy (non-hydrogen) atoms. The summed E-state index contributed by atoms with van der Waals surface area (Å²) in [5, 5.41) is 0. The van der Waals surface area contributed by atoms with Crippen molar-refractivity contribution >= 4 is 76.3 Å². The highest BCUT2D eigenvalue weighted by atomic mass is 16.5. The SMILES string of the molecule is Cc1ccc(OC(=O)c2ccc(N3C(=O)C4(C)C5(C)C(=O)N(c6ccc(OC(=O)c7ccc(N8C(=O)C9C%10C(=O)N(C)C(=O)C%10C9C8=O)cc7)cc6)C(=O)C5(C)C4(C)C3=O)cc2)cc1. The number of amides is 8. The zero-order chi connectivity index (χ0) is 45.7. The second-order valence-electron chi connectivity index (χ2n) is 17.9. The first-order valence-electron chi connectivity index (χ1n) is 20.5. The van der Waals surface area contributed by atoms with Crippen molar-refractivity contribution < 1.29 is 57.4 Å². The molecule has 6 aliphatic rings. The zero-order valence-electron chi connectivity index (χ0n) is 35.2. The number of rotatable bonds is 7. The van der Waals surface area contributed by atoms with Gasteiger partial charge in [-0.25, -0.2) is 19.4 Å². The molecule has 10 rings (SSSR count). The summed E-state index contributed by atoms with van der Waals surface area (Å²) < 4.78 is 11.0. The molecule has 0 spiro atoms. The van der Waals surface area contributed by atoms with Crippen molar-refractivity contribution in [2.24, 2.45) is 45.3 Å². The molecule has 4 aliphatic heterocycles. The Labute approximate surface area is 364 Å². The number of hydrogen-bond acceptors (Lipinski definition) is 12. The minimum absolute atomic E-state index is 0.0517. The van der Waals surface area contributed by atoms with Crippen molar-refractivity contribution in [3.05, 3.63) is 114 Å². The maximum atomic E-state index is 14.5. The van der Waals surface area contributed by atoms with E-state index < -0.39 is 105 Å². The monoisotopic (exact) mass is 862 g/mol. The second kappa shape index (κ2) is 13.0. The quantitative estimate of drug-likeness (QED) is 0.145. The van der Waals surface area contributed by atoms with E-state index in [4.69, 9.17) is 9.47 Å². The molecule has 2 aliphatic carbocycles. The van der Waals surface area contributed by atoms with Gasteiger partial charge in [-0.2, -0.15) is 0 Å². The van der Waals surface area contributed by atoms with E-state index in [2.05, 4.69) is 0 Å². The number of fused-ring (bicyclic) bond motifs is 8. The number of hydrogen-bond donors (Lipinski definition) is 0. The van der Waals surface area contributed by atoms with Crippen LogP contribution < -0.4 is 24.2 Å². The van der Waals surface area contributed by atoms with Gasteiger partial charge in [-0.1, -0.05) is 17.7 Å². The summed E-state index contributed by atoms with van der Waals surface area (Å²) in [5.74, 6) is -9.41. The maximum absolute atomic E-state index is 14.5. The Morgan fingerprint density at radius 2 is 0.703 bits per heavy atom. The first-order chi connectivity index (χ1) is 30.2. The third-order valence-electron chi connectivity index (χ3n) is 15.6. The van der Waals surface area contributed by atoms with Gasteiger partial charge in [0.15, 0.2) is 0 Å². The summed E-state index contributed by atoms with van der Waals surface area (Å²) in [6.45, 7) is 8.02. The smallest absolute Gasteiger partial charge is 0.343 e. The van der Waals surface area contributed by atoms with Gasteiger partial charge in [0.2, 0.25) is 47.3 Å². The molecule has 322 valence electrons. The van der Waals surface area contributed by atoms with Gasteiger partial charge in [0.05, 0.1) is 73.5 Å². The second-order valence-corrected chi connectivity index (χ2v) is 17.9. The van der Waals surface area contributed by atoms with Crippen LogP contribution in [0.1, 0.15) is 54.0 Å². The predicted molar refractivity (Wildman–Crippen MR) is 222 cm³/mol. The molecule has 6 fully saturated rings. The highest BCUT2D eigenvalue weighted by Gasteiger charge is 2.97. The Bertz CT molecular complexity index is 2800. The summed E-state index contributed by atoms with van der Waals surface area (Å²) in [6, 6.07) is 23.7. The Hall–Kier alpha value is -7.62. The Morgan fingerprint density at radius 3 is 1.05 bits per heavy atom. The molecule has 4 heterocycles. The number of nitrogens with zero attached hydrogens (tertiary/aromatic N) is 4. The normalized spacial score (nSPS) is 31.2. The van der Waals surface area contributed by atoms with Crippen LogP contribution in [0.15, 0.2) is 97.1 Å². The van der Waals surface area contributed by atoms with E-state index in [1.807, 2.05) is 6.92 Å². The van der Waals surface area contributed by atoms with E-state index in [9.17, 15) is 47.9 Å². The molecular weight excluding hydrogens is 825 g/mol. The van der Waals surface area contributed by atoms with Crippen molar-refractivity contribution in [1.29, 1.82) is 0 Å². The number of benzene rings is 4. The summed E-state index contributed by atoms with van der Waals surface area (Å²) in [6.07, 6.45) is 0. The summed E-state index contributed by atoms with van der Waals surface area (Å²) in [5.41, 5.74) is -4.92. The van der Waals surface area contributed by atoms with Gasteiger partial charge in [0, 0.05) is 7.05 Å². The van der Waals surface area contributed by atoms with Crippen molar-refractivity contribution in [2.75, 3.05) is 21.7 Å². The van der Waals surface area contributed by atoms with Crippen LogP contribution in [0.5, 0.6) is 11.5 Å². The molecule has 0 aromatic heterocycles. The fourth-order valence-electron chi connectivity index (χ4n) is 11.5. The molecule has 4 aromatic rings. The molecule has 4 aromatic carbocycles. The van der Waals surface area contributed by atoms with Gasteiger partial charge in [-0.3, -0.25) is 48.2 Å². The first kappa shape index (κ1) is 40.5. The number of anilines is 3. The number of ether oxygens (including phenoxy) is 2. The molecule has 0 N–H and O–H groups in total. The van der Waals surface area contributed by atoms with Gasteiger partial charge < -0.3 is 9.47 Å². The van der Waals surface area contributed by atoms with Crippen LogP contribution in [0.4, 0.5) is 17.1 Å². The molecule has 8 atom stereocenters.